The van der Waals surface area contributed by atoms with E-state index in [-0.39, 0.29) is 6.61 Å². The van der Waals surface area contributed by atoms with E-state index in [0.29, 0.717) is 0 Å². The highest BCUT2D eigenvalue weighted by atomic mass is 16.4. The molecule has 2 aliphatic rings. The van der Waals surface area contributed by atoms with Gasteiger partial charge in [-0.15, -0.1) is 0 Å². The predicted molar refractivity (Wildman–Crippen MR) is 123 cm³/mol. The summed E-state index contributed by atoms with van der Waals surface area (Å²) in [4.78, 5) is 8.86. The number of aliphatic hydroxyl groups excluding tert-OH is 1. The highest BCUT2D eigenvalue weighted by Crippen LogP contribution is 2.37. The Bertz CT molecular complexity index is 1100. The zero-order chi connectivity index (χ0) is 21.9. The summed E-state index contributed by atoms with van der Waals surface area (Å²) in [7, 11) is 0. The first kappa shape index (κ1) is 20.9. The van der Waals surface area contributed by atoms with Gasteiger partial charge in [-0.2, -0.15) is 0 Å². The minimum absolute atomic E-state index is 0.212. The number of aryl methyl sites for hydroxylation is 1. The Balaban J connectivity index is 1.44. The number of β-amino-alcohol motifs (C(OH)–C–C–N with tert-alkyl or cyclic N) is 1. The molecule has 3 heterocycles. The fourth-order valence-corrected chi connectivity index (χ4v) is 4.73. The molecular formula is C25H28N4O3. The number of piperazine rings is 1. The van der Waals surface area contributed by atoms with Crippen molar-refractivity contribution in [1.29, 1.82) is 0 Å². The topological polar surface area (TPSA) is 85.3 Å². The van der Waals surface area contributed by atoms with Crippen LogP contribution in [0.15, 0.2) is 58.4 Å². The molecule has 1 fully saturated rings. The quantitative estimate of drug-likeness (QED) is 0.460. The standard InChI is InChI=1S/C25H28N4O3/c30-14-13-28-9-11-29(12-10-28)17-21-16-23(18-5-7-26-8-6-18)25(32-21)20-1-3-22-19(15-20)2-4-24(22)27-31/h1,3,5-8,15-16,30-31H,2,4,9-14,17H2/b27-24-. The molecule has 3 aromatic rings. The molecule has 2 aromatic heterocycles. The Hall–Kier alpha value is -3.00. The maximum absolute atomic E-state index is 9.24. The lowest BCUT2D eigenvalue weighted by Crippen LogP contribution is -2.46. The van der Waals surface area contributed by atoms with Crippen LogP contribution in [0.5, 0.6) is 0 Å². The van der Waals surface area contributed by atoms with Crippen LogP contribution < -0.4 is 0 Å². The summed E-state index contributed by atoms with van der Waals surface area (Å²) in [6.07, 6.45) is 5.24. The Kier molecular flexibility index (Phi) is 6.03. The third-order valence-corrected chi connectivity index (χ3v) is 6.47. The molecule has 1 saturated heterocycles. The number of oxime groups is 1. The first-order valence-electron chi connectivity index (χ1n) is 11.2. The van der Waals surface area contributed by atoms with E-state index in [0.717, 1.165) is 91.6 Å². The number of nitrogens with zero attached hydrogens (tertiary/aromatic N) is 4. The molecule has 1 aliphatic heterocycles. The molecule has 0 atom stereocenters. The number of fused-ring (bicyclic) bond motifs is 1. The molecule has 0 bridgehead atoms. The molecule has 32 heavy (non-hydrogen) atoms. The molecule has 2 N–H and O–H groups in total. The van der Waals surface area contributed by atoms with Gasteiger partial charge in [0.05, 0.1) is 18.9 Å². The average molecular weight is 433 g/mol. The van der Waals surface area contributed by atoms with Gasteiger partial charge in [0.15, 0.2) is 0 Å². The van der Waals surface area contributed by atoms with E-state index < -0.39 is 0 Å². The number of furan rings is 1. The molecule has 1 aromatic carbocycles. The third kappa shape index (κ3) is 4.19. The van der Waals surface area contributed by atoms with E-state index in [9.17, 15) is 5.21 Å². The van der Waals surface area contributed by atoms with Gasteiger partial charge in [0, 0.05) is 61.8 Å². The molecular weight excluding hydrogens is 404 g/mol. The van der Waals surface area contributed by atoms with E-state index in [1.807, 2.05) is 18.2 Å². The van der Waals surface area contributed by atoms with Crippen LogP contribution in [-0.2, 0) is 13.0 Å². The van der Waals surface area contributed by atoms with Crippen LogP contribution in [0.25, 0.3) is 22.5 Å². The number of aromatic nitrogens is 1. The average Bonchev–Trinajstić information content (AvgIpc) is 3.44. The lowest BCUT2D eigenvalue weighted by Gasteiger charge is -2.33. The van der Waals surface area contributed by atoms with Crippen LogP contribution in [0.3, 0.4) is 0 Å². The maximum atomic E-state index is 9.24. The fourth-order valence-electron chi connectivity index (χ4n) is 4.73. The van der Waals surface area contributed by atoms with Gasteiger partial charge in [0.25, 0.3) is 0 Å². The molecule has 7 heteroatoms. The van der Waals surface area contributed by atoms with Crippen molar-refractivity contribution in [3.63, 3.8) is 0 Å². The van der Waals surface area contributed by atoms with Crippen LogP contribution >= 0.6 is 0 Å². The third-order valence-electron chi connectivity index (χ3n) is 6.47. The van der Waals surface area contributed by atoms with Crippen LogP contribution in [0.4, 0.5) is 0 Å². The summed E-state index contributed by atoms with van der Waals surface area (Å²) < 4.78 is 6.45. The molecule has 0 amide bonds. The Labute approximate surface area is 187 Å². The van der Waals surface area contributed by atoms with Gasteiger partial charge < -0.3 is 14.7 Å². The Morgan fingerprint density at radius 1 is 0.906 bits per heavy atom. The second-order valence-electron chi connectivity index (χ2n) is 8.45. The van der Waals surface area contributed by atoms with Crippen molar-refractivity contribution in [2.45, 2.75) is 19.4 Å². The lowest BCUT2D eigenvalue weighted by molar-refractivity contribution is 0.104. The zero-order valence-electron chi connectivity index (χ0n) is 18.1. The first-order chi connectivity index (χ1) is 15.7. The second-order valence-corrected chi connectivity index (χ2v) is 8.45. The van der Waals surface area contributed by atoms with Crippen LogP contribution in [0, 0.1) is 0 Å². The highest BCUT2D eigenvalue weighted by Gasteiger charge is 2.23. The van der Waals surface area contributed by atoms with Gasteiger partial charge >= 0.3 is 0 Å². The molecule has 0 saturated carbocycles. The summed E-state index contributed by atoms with van der Waals surface area (Å²) >= 11 is 0. The van der Waals surface area contributed by atoms with E-state index in [2.05, 4.69) is 38.1 Å². The minimum Gasteiger partial charge on any atom is -0.459 e. The Morgan fingerprint density at radius 2 is 1.69 bits per heavy atom. The van der Waals surface area contributed by atoms with Gasteiger partial charge in [-0.3, -0.25) is 14.8 Å². The van der Waals surface area contributed by atoms with Crippen molar-refractivity contribution in [2.75, 3.05) is 39.3 Å². The number of hydrogen-bond acceptors (Lipinski definition) is 7. The van der Waals surface area contributed by atoms with E-state index in [1.165, 1.54) is 5.56 Å². The van der Waals surface area contributed by atoms with E-state index in [4.69, 9.17) is 9.52 Å². The maximum Gasteiger partial charge on any atom is 0.142 e. The summed E-state index contributed by atoms with van der Waals surface area (Å²) in [5.41, 5.74) is 6.14. The molecule has 166 valence electrons. The zero-order valence-corrected chi connectivity index (χ0v) is 18.1. The van der Waals surface area contributed by atoms with Crippen molar-refractivity contribution in [1.82, 2.24) is 14.8 Å². The molecule has 1 aliphatic carbocycles. The van der Waals surface area contributed by atoms with Crippen LogP contribution in [0.2, 0.25) is 0 Å². The molecule has 0 spiro atoms. The number of hydrogen-bond donors (Lipinski definition) is 2. The SMILES string of the molecule is OCCN1CCN(Cc2cc(-c3ccncc3)c(-c3ccc4c(c3)CC/C4=N/O)o2)CC1. The fraction of sp³-hybridized carbons (Fsp3) is 0.360. The Morgan fingerprint density at radius 3 is 2.44 bits per heavy atom. The normalized spacial score (nSPS) is 18.3. The smallest absolute Gasteiger partial charge is 0.142 e. The summed E-state index contributed by atoms with van der Waals surface area (Å²) in [5, 5.41) is 21.8. The van der Waals surface area contributed by atoms with Gasteiger partial charge in [-0.05, 0) is 48.2 Å². The number of benzene rings is 1. The van der Waals surface area contributed by atoms with Crippen molar-refractivity contribution in [3.05, 3.63) is 65.7 Å². The van der Waals surface area contributed by atoms with Crippen molar-refractivity contribution in [3.8, 4) is 22.5 Å². The molecule has 0 radical (unpaired) electrons. The lowest BCUT2D eigenvalue weighted by atomic mass is 9.99. The van der Waals surface area contributed by atoms with E-state index >= 15 is 0 Å². The number of pyridine rings is 1. The van der Waals surface area contributed by atoms with Gasteiger partial charge in [-0.1, -0.05) is 17.3 Å². The number of aliphatic hydroxyl groups is 1. The van der Waals surface area contributed by atoms with Crippen molar-refractivity contribution >= 4 is 5.71 Å². The summed E-state index contributed by atoms with van der Waals surface area (Å²) in [6, 6.07) is 12.4. The van der Waals surface area contributed by atoms with Crippen LogP contribution in [0.1, 0.15) is 23.3 Å². The molecule has 0 unspecified atom stereocenters. The predicted octanol–water partition coefficient (Wildman–Crippen LogP) is 3.24. The largest absolute Gasteiger partial charge is 0.459 e. The van der Waals surface area contributed by atoms with Gasteiger partial charge in [0.1, 0.15) is 11.5 Å². The number of rotatable bonds is 6. The first-order valence-corrected chi connectivity index (χ1v) is 11.2. The minimum atomic E-state index is 0.212. The monoisotopic (exact) mass is 432 g/mol. The van der Waals surface area contributed by atoms with Crippen LogP contribution in [-0.4, -0.2) is 70.1 Å². The highest BCUT2D eigenvalue weighted by molar-refractivity contribution is 6.04. The summed E-state index contributed by atoms with van der Waals surface area (Å²) in [5.74, 6) is 1.81. The van der Waals surface area contributed by atoms with Gasteiger partial charge in [0.2, 0.25) is 0 Å². The van der Waals surface area contributed by atoms with Gasteiger partial charge in [-0.25, -0.2) is 0 Å². The molecule has 5 rings (SSSR count). The second kappa shape index (κ2) is 9.24. The van der Waals surface area contributed by atoms with Crippen molar-refractivity contribution in [2.24, 2.45) is 5.16 Å². The molecule has 7 nitrogen and oxygen atoms in total. The van der Waals surface area contributed by atoms with Crippen molar-refractivity contribution < 1.29 is 14.7 Å². The summed E-state index contributed by atoms with van der Waals surface area (Å²) in [6.45, 7) is 5.56. The van der Waals surface area contributed by atoms with E-state index in [1.54, 1.807) is 12.4 Å².